The summed E-state index contributed by atoms with van der Waals surface area (Å²) in [6.07, 6.45) is 1.85. The predicted molar refractivity (Wildman–Crippen MR) is 82.4 cm³/mol. The van der Waals surface area contributed by atoms with Crippen LogP contribution in [0.2, 0.25) is 0 Å². The number of nitrogens with two attached hydrogens (primary N) is 1. The highest BCUT2D eigenvalue weighted by molar-refractivity contribution is 5.67. The lowest BCUT2D eigenvalue weighted by atomic mass is 10.1. The smallest absolute Gasteiger partial charge is 0.165 e. The van der Waals surface area contributed by atoms with Gasteiger partial charge in [0.1, 0.15) is 17.3 Å². The summed E-state index contributed by atoms with van der Waals surface area (Å²) in [7, 11) is 3.23. The molecule has 21 heavy (non-hydrogen) atoms. The highest BCUT2D eigenvalue weighted by atomic mass is 16.5. The normalized spacial score (nSPS) is 10.3. The Morgan fingerprint density at radius 3 is 2.57 bits per heavy atom. The minimum absolute atomic E-state index is 0.560. The molecule has 1 aromatic heterocycles. The number of aromatic nitrogens is 2. The van der Waals surface area contributed by atoms with Gasteiger partial charge in [-0.3, -0.25) is 0 Å². The minimum Gasteiger partial charge on any atom is -0.497 e. The van der Waals surface area contributed by atoms with Crippen LogP contribution in [0, 0.1) is 0 Å². The Hall–Kier alpha value is -2.34. The molecule has 0 amide bonds. The molecule has 6 heteroatoms. The average Bonchev–Trinajstić information content (AvgIpc) is 2.54. The molecule has 2 aromatic rings. The molecule has 0 bridgehead atoms. The second kappa shape index (κ2) is 6.90. The maximum atomic E-state index is 5.49. The van der Waals surface area contributed by atoms with Crippen LogP contribution >= 0.6 is 0 Å². The molecule has 0 fully saturated rings. The van der Waals surface area contributed by atoms with Gasteiger partial charge in [-0.2, -0.15) is 0 Å². The van der Waals surface area contributed by atoms with E-state index in [9.17, 15) is 0 Å². The van der Waals surface area contributed by atoms with Crippen molar-refractivity contribution >= 4 is 5.82 Å². The largest absolute Gasteiger partial charge is 0.497 e. The Morgan fingerprint density at radius 1 is 1.14 bits per heavy atom. The number of hydrogen-bond donors (Lipinski definition) is 2. The number of anilines is 1. The second-order valence-electron chi connectivity index (χ2n) is 4.53. The van der Waals surface area contributed by atoms with Crippen LogP contribution in [-0.4, -0.2) is 24.2 Å². The highest BCUT2D eigenvalue weighted by Crippen LogP contribution is 2.32. The summed E-state index contributed by atoms with van der Waals surface area (Å²) in [5.74, 6) is 8.04. The van der Waals surface area contributed by atoms with Crippen LogP contribution in [0.5, 0.6) is 11.5 Å². The molecular formula is C15H20N4O2. The lowest BCUT2D eigenvalue weighted by Gasteiger charge is -2.11. The number of nitrogens with zero attached hydrogens (tertiary/aromatic N) is 2. The fraction of sp³-hybridized carbons (Fsp3) is 0.333. The molecule has 1 aromatic carbocycles. The molecule has 0 spiro atoms. The number of nitrogen functional groups attached to an aromatic ring is 1. The second-order valence-corrected chi connectivity index (χ2v) is 4.53. The van der Waals surface area contributed by atoms with E-state index in [0.29, 0.717) is 17.4 Å². The summed E-state index contributed by atoms with van der Waals surface area (Å²) in [6, 6.07) is 7.36. The third kappa shape index (κ3) is 3.41. The van der Waals surface area contributed by atoms with Crippen LogP contribution in [0.15, 0.2) is 24.3 Å². The summed E-state index contributed by atoms with van der Waals surface area (Å²) in [5.41, 5.74) is 4.28. The standard InChI is InChI=1S/C15H20N4O2/c1-4-5-10-8-14(19-16)18-15(17-10)12-9-11(20-2)6-7-13(12)21-3/h6-9H,4-5,16H2,1-3H3,(H,17,18,19). The number of aryl methyl sites for hydroxylation is 1. The van der Waals surface area contributed by atoms with E-state index in [4.69, 9.17) is 15.3 Å². The van der Waals surface area contributed by atoms with E-state index in [2.05, 4.69) is 22.3 Å². The number of ether oxygens (including phenoxy) is 2. The quantitative estimate of drug-likeness (QED) is 0.627. The zero-order valence-corrected chi connectivity index (χ0v) is 12.5. The molecular weight excluding hydrogens is 268 g/mol. The van der Waals surface area contributed by atoms with Crippen molar-refractivity contribution in [3.8, 4) is 22.9 Å². The van der Waals surface area contributed by atoms with Gasteiger partial charge in [-0.15, -0.1) is 0 Å². The third-order valence-electron chi connectivity index (χ3n) is 3.08. The van der Waals surface area contributed by atoms with Crippen molar-refractivity contribution in [1.29, 1.82) is 0 Å². The van der Waals surface area contributed by atoms with Gasteiger partial charge in [0.05, 0.1) is 19.8 Å². The molecule has 112 valence electrons. The molecule has 1 heterocycles. The molecule has 6 nitrogen and oxygen atoms in total. The Balaban J connectivity index is 2.56. The Labute approximate surface area is 124 Å². The zero-order chi connectivity index (χ0) is 15.2. The SMILES string of the molecule is CCCc1cc(NN)nc(-c2cc(OC)ccc2OC)n1. The van der Waals surface area contributed by atoms with Crippen LogP contribution < -0.4 is 20.7 Å². The fourth-order valence-corrected chi connectivity index (χ4v) is 2.06. The zero-order valence-electron chi connectivity index (χ0n) is 12.5. The molecule has 0 aliphatic carbocycles. The Kier molecular flexibility index (Phi) is 4.94. The number of hydrogen-bond acceptors (Lipinski definition) is 6. The topological polar surface area (TPSA) is 82.3 Å². The van der Waals surface area contributed by atoms with Crippen molar-refractivity contribution in [2.24, 2.45) is 5.84 Å². The lowest BCUT2D eigenvalue weighted by Crippen LogP contribution is -2.10. The first kappa shape index (κ1) is 15.1. The molecule has 0 aliphatic heterocycles. The molecule has 0 atom stereocenters. The monoisotopic (exact) mass is 288 g/mol. The van der Waals surface area contributed by atoms with Gasteiger partial charge in [0.15, 0.2) is 5.82 Å². The van der Waals surface area contributed by atoms with E-state index in [1.54, 1.807) is 14.2 Å². The third-order valence-corrected chi connectivity index (χ3v) is 3.08. The van der Waals surface area contributed by atoms with E-state index in [0.717, 1.165) is 29.8 Å². The summed E-state index contributed by atoms with van der Waals surface area (Å²) in [6.45, 7) is 2.10. The van der Waals surface area contributed by atoms with Crippen LogP contribution in [0.4, 0.5) is 5.82 Å². The van der Waals surface area contributed by atoms with E-state index < -0.39 is 0 Å². The van der Waals surface area contributed by atoms with Gasteiger partial charge in [-0.25, -0.2) is 15.8 Å². The molecule has 0 saturated carbocycles. The van der Waals surface area contributed by atoms with Crippen molar-refractivity contribution in [2.45, 2.75) is 19.8 Å². The first-order valence-corrected chi connectivity index (χ1v) is 6.78. The van der Waals surface area contributed by atoms with Crippen LogP contribution in [-0.2, 0) is 6.42 Å². The Morgan fingerprint density at radius 2 is 1.95 bits per heavy atom. The number of rotatable bonds is 6. The molecule has 0 aliphatic rings. The molecule has 2 rings (SSSR count). The van der Waals surface area contributed by atoms with E-state index in [1.807, 2.05) is 24.3 Å². The van der Waals surface area contributed by atoms with Gasteiger partial charge >= 0.3 is 0 Å². The number of hydrazine groups is 1. The molecule has 0 saturated heterocycles. The highest BCUT2D eigenvalue weighted by Gasteiger charge is 2.13. The van der Waals surface area contributed by atoms with E-state index >= 15 is 0 Å². The molecule has 3 N–H and O–H groups in total. The van der Waals surface area contributed by atoms with Crippen molar-refractivity contribution in [2.75, 3.05) is 19.6 Å². The lowest BCUT2D eigenvalue weighted by molar-refractivity contribution is 0.404. The van der Waals surface area contributed by atoms with Crippen molar-refractivity contribution < 1.29 is 9.47 Å². The minimum atomic E-state index is 0.560. The first-order valence-electron chi connectivity index (χ1n) is 6.78. The van der Waals surface area contributed by atoms with Crippen LogP contribution in [0.25, 0.3) is 11.4 Å². The Bertz CT molecular complexity index is 617. The number of benzene rings is 1. The van der Waals surface area contributed by atoms with Gasteiger partial charge in [0.2, 0.25) is 0 Å². The molecule has 0 radical (unpaired) electrons. The fourth-order valence-electron chi connectivity index (χ4n) is 2.06. The molecule has 0 unspecified atom stereocenters. The van der Waals surface area contributed by atoms with Crippen molar-refractivity contribution in [3.05, 3.63) is 30.0 Å². The number of methoxy groups -OCH3 is 2. The average molecular weight is 288 g/mol. The van der Waals surface area contributed by atoms with Gasteiger partial charge in [0, 0.05) is 11.8 Å². The summed E-state index contributed by atoms with van der Waals surface area (Å²) >= 11 is 0. The van der Waals surface area contributed by atoms with Gasteiger partial charge < -0.3 is 14.9 Å². The van der Waals surface area contributed by atoms with Gasteiger partial charge in [-0.1, -0.05) is 13.3 Å². The maximum absolute atomic E-state index is 5.49. The van der Waals surface area contributed by atoms with E-state index in [-0.39, 0.29) is 0 Å². The summed E-state index contributed by atoms with van der Waals surface area (Å²) in [4.78, 5) is 8.99. The first-order chi connectivity index (χ1) is 10.2. The van der Waals surface area contributed by atoms with E-state index in [1.165, 1.54) is 0 Å². The maximum Gasteiger partial charge on any atom is 0.165 e. The van der Waals surface area contributed by atoms with Crippen molar-refractivity contribution in [3.63, 3.8) is 0 Å². The summed E-state index contributed by atoms with van der Waals surface area (Å²) < 4.78 is 10.6. The van der Waals surface area contributed by atoms with Gasteiger partial charge in [0.25, 0.3) is 0 Å². The summed E-state index contributed by atoms with van der Waals surface area (Å²) in [5, 5.41) is 0. The van der Waals surface area contributed by atoms with Crippen molar-refractivity contribution in [1.82, 2.24) is 9.97 Å². The predicted octanol–water partition coefficient (Wildman–Crippen LogP) is 2.40. The van der Waals surface area contributed by atoms with Gasteiger partial charge in [-0.05, 0) is 24.6 Å². The van der Waals surface area contributed by atoms with Crippen LogP contribution in [0.1, 0.15) is 19.0 Å². The van der Waals surface area contributed by atoms with Crippen LogP contribution in [0.3, 0.4) is 0 Å². The number of nitrogens with one attached hydrogen (secondary N) is 1.